The average molecular weight is 1000 g/mol. The van der Waals surface area contributed by atoms with E-state index in [1.54, 1.807) is 72.8 Å². The number of rotatable bonds is 45. The van der Waals surface area contributed by atoms with E-state index in [2.05, 4.69) is 16.0 Å². The number of carbonyl (C=O) groups is 6. The van der Waals surface area contributed by atoms with Crippen molar-refractivity contribution in [2.24, 2.45) is 0 Å². The molecule has 14 heteroatoms. The summed E-state index contributed by atoms with van der Waals surface area (Å²) < 4.78 is 31.2. The Labute approximate surface area is 424 Å². The Hall–Kier alpha value is -4.81. The molecule has 0 aliphatic rings. The number of phosphoric acid groups is 1. The van der Waals surface area contributed by atoms with Gasteiger partial charge in [-0.3, -0.25) is 42.3 Å². The molecular formula is C57H84N3O10P. The first-order valence-corrected chi connectivity index (χ1v) is 28.3. The molecule has 3 N–H and O–H groups in total. The summed E-state index contributed by atoms with van der Waals surface area (Å²) >= 11 is 0. The van der Waals surface area contributed by atoms with Crippen molar-refractivity contribution in [3.8, 4) is 0 Å². The summed E-state index contributed by atoms with van der Waals surface area (Å²) in [5.74, 6) is -0.342. The lowest BCUT2D eigenvalue weighted by molar-refractivity contribution is 0.0944. The van der Waals surface area contributed by atoms with E-state index in [1.807, 2.05) is 0 Å². The van der Waals surface area contributed by atoms with Gasteiger partial charge >= 0.3 is 7.82 Å². The predicted molar refractivity (Wildman–Crippen MR) is 283 cm³/mol. The molecule has 3 aromatic rings. The first-order chi connectivity index (χ1) is 34.8. The van der Waals surface area contributed by atoms with Gasteiger partial charge < -0.3 is 16.0 Å². The lowest BCUT2D eigenvalue weighted by Crippen LogP contribution is -2.24. The number of phosphoric ester groups is 1. The molecule has 3 rings (SSSR count). The van der Waals surface area contributed by atoms with E-state index in [0.717, 1.165) is 192 Å². The second-order valence-electron chi connectivity index (χ2n) is 18.5. The molecule has 0 saturated carbocycles. The molecule has 71 heavy (non-hydrogen) atoms. The molecular weight excluding hydrogens is 918 g/mol. The second kappa shape index (κ2) is 39.8. The lowest BCUT2D eigenvalue weighted by Gasteiger charge is -2.18. The van der Waals surface area contributed by atoms with Crippen molar-refractivity contribution in [2.75, 3.05) is 39.5 Å². The zero-order valence-corrected chi connectivity index (χ0v) is 43.4. The molecule has 3 amide bonds. The summed E-state index contributed by atoms with van der Waals surface area (Å²) in [5.41, 5.74) is 3.35. The van der Waals surface area contributed by atoms with Gasteiger partial charge in [0.25, 0.3) is 17.7 Å². The highest BCUT2D eigenvalue weighted by Crippen LogP contribution is 2.50. The quantitative estimate of drug-likeness (QED) is 0.0280. The Morgan fingerprint density at radius 2 is 0.521 bits per heavy atom. The van der Waals surface area contributed by atoms with E-state index in [0.29, 0.717) is 72.8 Å². The van der Waals surface area contributed by atoms with Crippen LogP contribution in [0.25, 0.3) is 0 Å². The number of unbranched alkanes of at least 4 members (excludes halogenated alkanes) is 24. The van der Waals surface area contributed by atoms with Crippen molar-refractivity contribution >= 4 is 44.4 Å². The molecule has 0 radical (unpaired) electrons. The van der Waals surface area contributed by atoms with E-state index in [1.165, 1.54) is 0 Å². The van der Waals surface area contributed by atoms with Crippen LogP contribution in [0.3, 0.4) is 0 Å². The van der Waals surface area contributed by atoms with Gasteiger partial charge in [0.15, 0.2) is 0 Å². The van der Waals surface area contributed by atoms with Crippen molar-refractivity contribution in [2.45, 2.75) is 173 Å². The molecule has 0 atom stereocenters. The van der Waals surface area contributed by atoms with Crippen LogP contribution in [0.15, 0.2) is 72.8 Å². The molecule has 0 aliphatic heterocycles. The van der Waals surface area contributed by atoms with E-state index < -0.39 is 7.82 Å². The Bertz CT molecular complexity index is 1740. The van der Waals surface area contributed by atoms with Gasteiger partial charge in [0.05, 0.1) is 19.8 Å². The molecule has 0 heterocycles. The third-order valence-corrected chi connectivity index (χ3v) is 14.0. The summed E-state index contributed by atoms with van der Waals surface area (Å²) in [6.45, 7) is 2.94. The Morgan fingerprint density at radius 1 is 0.324 bits per heavy atom. The molecule has 13 nitrogen and oxygen atoms in total. The number of amides is 3. The number of hydrogen-bond donors (Lipinski definition) is 3. The minimum Gasteiger partial charge on any atom is -0.352 e. The third-order valence-electron chi connectivity index (χ3n) is 12.5. The highest BCUT2D eigenvalue weighted by atomic mass is 31.2. The average Bonchev–Trinajstić information content (AvgIpc) is 3.40. The summed E-state index contributed by atoms with van der Waals surface area (Å²) in [6.07, 6.45) is 30.7. The normalized spacial score (nSPS) is 11.3. The van der Waals surface area contributed by atoms with Gasteiger partial charge in [0.1, 0.15) is 18.9 Å². The highest BCUT2D eigenvalue weighted by molar-refractivity contribution is 7.48. The van der Waals surface area contributed by atoms with Crippen LogP contribution in [0.2, 0.25) is 0 Å². The predicted octanol–water partition coefficient (Wildman–Crippen LogP) is 13.4. The number of carbonyl (C=O) groups excluding carboxylic acids is 6. The van der Waals surface area contributed by atoms with E-state index in [-0.39, 0.29) is 17.7 Å². The maximum atomic E-state index is 13.7. The molecule has 0 unspecified atom stereocenters. The van der Waals surface area contributed by atoms with Crippen molar-refractivity contribution in [1.29, 1.82) is 0 Å². The maximum absolute atomic E-state index is 13.7. The van der Waals surface area contributed by atoms with Crippen LogP contribution in [0.4, 0.5) is 0 Å². The third kappa shape index (κ3) is 29.3. The van der Waals surface area contributed by atoms with Gasteiger partial charge in [-0.2, -0.15) is 0 Å². The second-order valence-corrected chi connectivity index (χ2v) is 20.1. The first-order valence-electron chi connectivity index (χ1n) is 26.8. The SMILES string of the molecule is O=Cc1ccc(C(=O)NCCCCCCCCCCCOP(=O)(OCCCCCCCCCCCNC(=O)c2ccc(C=O)cc2)OCCCCCCCCCCCNC(=O)c2ccc(C=O)cc2)cc1. The number of hydrogen-bond acceptors (Lipinski definition) is 10. The number of nitrogens with one attached hydrogen (secondary N) is 3. The largest absolute Gasteiger partial charge is 0.474 e. The van der Waals surface area contributed by atoms with Gasteiger partial charge in [0.2, 0.25) is 0 Å². The van der Waals surface area contributed by atoms with Crippen molar-refractivity contribution < 1.29 is 46.9 Å². The summed E-state index contributed by atoms with van der Waals surface area (Å²) in [5, 5.41) is 8.85. The molecule has 3 aromatic carbocycles. The molecule has 0 spiro atoms. The zero-order valence-electron chi connectivity index (χ0n) is 42.5. The number of aldehydes is 3. The van der Waals surface area contributed by atoms with E-state index in [4.69, 9.17) is 13.6 Å². The van der Waals surface area contributed by atoms with Gasteiger partial charge in [-0.1, -0.05) is 171 Å². The topological polar surface area (TPSA) is 183 Å². The molecule has 392 valence electrons. The van der Waals surface area contributed by atoms with E-state index >= 15 is 0 Å². The Morgan fingerprint density at radius 3 is 0.732 bits per heavy atom. The van der Waals surface area contributed by atoms with Gasteiger partial charge in [-0.05, 0) is 74.9 Å². The van der Waals surface area contributed by atoms with Gasteiger partial charge in [-0.25, -0.2) is 4.57 Å². The molecule has 0 fully saturated rings. The van der Waals surface area contributed by atoms with Crippen LogP contribution >= 0.6 is 7.82 Å². The van der Waals surface area contributed by atoms with Gasteiger partial charge in [0, 0.05) is 53.0 Å². The summed E-state index contributed by atoms with van der Waals surface area (Å²) in [7, 11) is -3.66. The fraction of sp³-hybridized carbons (Fsp3) is 0.579. The zero-order chi connectivity index (χ0) is 50.9. The van der Waals surface area contributed by atoms with Crippen LogP contribution in [-0.2, 0) is 18.1 Å². The fourth-order valence-corrected chi connectivity index (χ4v) is 9.37. The van der Waals surface area contributed by atoms with Crippen LogP contribution < -0.4 is 16.0 Å². The van der Waals surface area contributed by atoms with Crippen molar-refractivity contribution in [3.05, 3.63) is 106 Å². The molecule has 0 bridgehead atoms. The Kier molecular flexibility index (Phi) is 33.9. The lowest BCUT2D eigenvalue weighted by atomic mass is 10.1. The summed E-state index contributed by atoms with van der Waals surface area (Å²) in [4.78, 5) is 69.3. The van der Waals surface area contributed by atoms with Crippen LogP contribution in [0.5, 0.6) is 0 Å². The molecule has 0 aromatic heterocycles. The van der Waals surface area contributed by atoms with E-state index in [9.17, 15) is 33.3 Å². The summed E-state index contributed by atoms with van der Waals surface area (Å²) in [6, 6.07) is 19.9. The minimum absolute atomic E-state index is 0.114. The minimum atomic E-state index is -3.66. The smallest absolute Gasteiger partial charge is 0.352 e. The highest BCUT2D eigenvalue weighted by Gasteiger charge is 2.26. The van der Waals surface area contributed by atoms with Crippen molar-refractivity contribution in [3.63, 3.8) is 0 Å². The monoisotopic (exact) mass is 1000 g/mol. The fourth-order valence-electron chi connectivity index (χ4n) is 8.09. The number of benzene rings is 3. The van der Waals surface area contributed by atoms with Crippen LogP contribution in [-0.4, -0.2) is 76.0 Å². The van der Waals surface area contributed by atoms with Gasteiger partial charge in [-0.15, -0.1) is 0 Å². The molecule has 0 saturated heterocycles. The Balaban J connectivity index is 1.21. The molecule has 0 aliphatic carbocycles. The maximum Gasteiger partial charge on any atom is 0.474 e. The van der Waals surface area contributed by atoms with Crippen LogP contribution in [0.1, 0.15) is 236 Å². The first kappa shape index (κ1) is 60.5. The standard InChI is InChI=1S/C57H84N3O10P/c61-46-49-28-34-52(35-29-49)55(64)58-40-22-16-10-4-1-7-13-19-25-43-68-71(67,69-44-26-20-14-8-2-5-11-17-23-41-59-56(65)53-36-30-50(47-62)31-37-53)70-45-27-21-15-9-3-6-12-18-24-42-60-57(66)54-38-32-51(48-63)33-39-54/h28-39,46-48H,1-27,40-45H2,(H,58,64)(H,59,65)(H,60,66). The van der Waals surface area contributed by atoms with Crippen LogP contribution in [0, 0.1) is 0 Å². The van der Waals surface area contributed by atoms with Crippen molar-refractivity contribution in [1.82, 2.24) is 16.0 Å².